The van der Waals surface area contributed by atoms with E-state index in [0.717, 1.165) is 0 Å². The minimum Gasteiger partial charge on any atom is -0.377 e. The maximum absolute atomic E-state index is 5.63. The summed E-state index contributed by atoms with van der Waals surface area (Å²) in [7, 11) is 0.810. The molecule has 0 unspecified atom stereocenters. The first-order valence-electron chi connectivity index (χ1n) is 5.04. The molecule has 1 aromatic carbocycles. The summed E-state index contributed by atoms with van der Waals surface area (Å²) < 4.78 is 16.5. The van der Waals surface area contributed by atoms with Crippen LogP contribution in [0.4, 0.5) is 0 Å². The van der Waals surface area contributed by atoms with E-state index in [0.29, 0.717) is 12.7 Å². The molecular formula is C11H18O3Si. The molecule has 0 radical (unpaired) electrons. The molecule has 4 heteroatoms. The maximum Gasteiger partial charge on any atom is 0.504 e. The van der Waals surface area contributed by atoms with Crippen LogP contribution in [-0.4, -0.2) is 29.6 Å². The van der Waals surface area contributed by atoms with E-state index in [-0.39, 0.29) is 0 Å². The van der Waals surface area contributed by atoms with Gasteiger partial charge in [-0.1, -0.05) is 30.3 Å². The molecule has 0 fully saturated rings. The molecule has 0 aromatic heterocycles. The maximum atomic E-state index is 5.63. The highest BCUT2D eigenvalue weighted by atomic mass is 28.4. The van der Waals surface area contributed by atoms with Crippen molar-refractivity contribution in [3.8, 4) is 0 Å². The smallest absolute Gasteiger partial charge is 0.377 e. The number of hydrogen-bond donors (Lipinski definition) is 0. The van der Waals surface area contributed by atoms with Crippen molar-refractivity contribution in [3.63, 3.8) is 0 Å². The zero-order chi connectivity index (χ0) is 11.1. The van der Waals surface area contributed by atoms with Crippen LogP contribution in [0.5, 0.6) is 0 Å². The predicted molar refractivity (Wildman–Crippen MR) is 61.5 cm³/mol. The van der Waals surface area contributed by atoms with E-state index in [2.05, 4.69) is 12.1 Å². The van der Waals surface area contributed by atoms with Crippen molar-refractivity contribution in [3.05, 3.63) is 35.9 Å². The van der Waals surface area contributed by atoms with Crippen LogP contribution in [0.1, 0.15) is 12.5 Å². The predicted octanol–water partition coefficient (Wildman–Crippen LogP) is 2.04. The van der Waals surface area contributed by atoms with Gasteiger partial charge < -0.3 is 13.3 Å². The summed E-state index contributed by atoms with van der Waals surface area (Å²) in [5, 5.41) is 0. The Bertz CT molecular complexity index is 272. The van der Waals surface area contributed by atoms with Gasteiger partial charge in [0, 0.05) is 26.9 Å². The van der Waals surface area contributed by atoms with Gasteiger partial charge in [-0.05, 0) is 12.5 Å². The molecule has 0 N–H and O–H groups in total. The van der Waals surface area contributed by atoms with Crippen LogP contribution >= 0.6 is 0 Å². The van der Waals surface area contributed by atoms with Gasteiger partial charge in [0.2, 0.25) is 0 Å². The van der Waals surface area contributed by atoms with Crippen LogP contribution < -0.4 is 0 Å². The molecule has 1 aromatic rings. The first-order chi connectivity index (χ1) is 7.26. The Hall–Kier alpha value is -0.683. The standard InChI is InChI=1S/C11H18O3Si/c1-4-14-15(12-2,13-3)10-11-8-6-5-7-9-11/h5-9H,4,10H2,1-3H3. The third-order valence-electron chi connectivity index (χ3n) is 2.25. The summed E-state index contributed by atoms with van der Waals surface area (Å²) in [4.78, 5) is 0. The van der Waals surface area contributed by atoms with E-state index in [9.17, 15) is 0 Å². The Morgan fingerprint density at radius 1 is 1.07 bits per heavy atom. The molecule has 0 spiro atoms. The first kappa shape index (κ1) is 12.4. The summed E-state index contributed by atoms with van der Waals surface area (Å²) in [6, 6.07) is 10.8. The van der Waals surface area contributed by atoms with Gasteiger partial charge in [0.15, 0.2) is 0 Å². The van der Waals surface area contributed by atoms with Gasteiger partial charge in [-0.15, -0.1) is 0 Å². The van der Waals surface area contributed by atoms with Crippen LogP contribution in [0.25, 0.3) is 0 Å². The third-order valence-corrected chi connectivity index (χ3v) is 5.06. The Morgan fingerprint density at radius 3 is 2.13 bits per heavy atom. The van der Waals surface area contributed by atoms with Crippen molar-refractivity contribution >= 4 is 8.80 Å². The topological polar surface area (TPSA) is 27.7 Å². The van der Waals surface area contributed by atoms with Crippen LogP contribution in [0.2, 0.25) is 0 Å². The van der Waals surface area contributed by atoms with Gasteiger partial charge in [-0.2, -0.15) is 0 Å². The Kier molecular flexibility index (Phi) is 4.97. The molecule has 0 amide bonds. The van der Waals surface area contributed by atoms with E-state index in [1.165, 1.54) is 5.56 Å². The second kappa shape index (κ2) is 6.02. The summed E-state index contributed by atoms with van der Waals surface area (Å²) in [6.07, 6.45) is 0. The van der Waals surface area contributed by atoms with E-state index in [1.54, 1.807) is 14.2 Å². The molecule has 0 aliphatic carbocycles. The monoisotopic (exact) mass is 226 g/mol. The molecule has 84 valence electrons. The summed E-state index contributed by atoms with van der Waals surface area (Å²) in [5.41, 5.74) is 1.18. The zero-order valence-electron chi connectivity index (χ0n) is 9.53. The quantitative estimate of drug-likeness (QED) is 0.695. The molecule has 0 aliphatic heterocycles. The van der Waals surface area contributed by atoms with Crippen molar-refractivity contribution in [1.29, 1.82) is 0 Å². The van der Waals surface area contributed by atoms with Gasteiger partial charge in [0.25, 0.3) is 0 Å². The lowest BCUT2D eigenvalue weighted by Crippen LogP contribution is -2.46. The highest BCUT2D eigenvalue weighted by Crippen LogP contribution is 2.14. The van der Waals surface area contributed by atoms with Gasteiger partial charge in [-0.3, -0.25) is 0 Å². The van der Waals surface area contributed by atoms with Crippen LogP contribution in [-0.2, 0) is 19.3 Å². The van der Waals surface area contributed by atoms with E-state index < -0.39 is 8.80 Å². The second-order valence-electron chi connectivity index (χ2n) is 3.19. The third kappa shape index (κ3) is 3.42. The van der Waals surface area contributed by atoms with Gasteiger partial charge in [0.1, 0.15) is 0 Å². The normalized spacial score (nSPS) is 11.7. The lowest BCUT2D eigenvalue weighted by Gasteiger charge is -2.25. The lowest BCUT2D eigenvalue weighted by molar-refractivity contribution is 0.103. The molecule has 15 heavy (non-hydrogen) atoms. The Morgan fingerprint density at radius 2 is 1.67 bits per heavy atom. The van der Waals surface area contributed by atoms with Crippen LogP contribution in [0.15, 0.2) is 30.3 Å². The molecule has 0 heterocycles. The van der Waals surface area contributed by atoms with E-state index >= 15 is 0 Å². The lowest BCUT2D eigenvalue weighted by atomic mass is 10.2. The molecule has 0 aliphatic rings. The van der Waals surface area contributed by atoms with Crippen molar-refractivity contribution in [2.45, 2.75) is 13.0 Å². The van der Waals surface area contributed by atoms with Gasteiger partial charge in [0.05, 0.1) is 0 Å². The average molecular weight is 226 g/mol. The minimum absolute atomic E-state index is 0.612. The Balaban J connectivity index is 2.74. The second-order valence-corrected chi connectivity index (χ2v) is 6.01. The van der Waals surface area contributed by atoms with Gasteiger partial charge >= 0.3 is 8.80 Å². The number of benzene rings is 1. The van der Waals surface area contributed by atoms with Crippen molar-refractivity contribution in [2.75, 3.05) is 20.8 Å². The molecule has 0 saturated heterocycles. The summed E-state index contributed by atoms with van der Waals surface area (Å²) >= 11 is 0. The first-order valence-corrected chi connectivity index (χ1v) is 6.97. The average Bonchev–Trinajstić information content (AvgIpc) is 2.30. The van der Waals surface area contributed by atoms with E-state index in [4.69, 9.17) is 13.3 Å². The summed E-state index contributed by atoms with van der Waals surface area (Å²) in [6.45, 7) is 2.56. The zero-order valence-corrected chi connectivity index (χ0v) is 10.5. The SMILES string of the molecule is CCO[Si](Cc1ccccc1)(OC)OC. The minimum atomic E-state index is -2.48. The largest absolute Gasteiger partial charge is 0.504 e. The molecule has 1 rings (SSSR count). The molecule has 0 atom stereocenters. The fourth-order valence-electron chi connectivity index (χ4n) is 1.46. The fourth-order valence-corrected chi connectivity index (χ4v) is 3.43. The van der Waals surface area contributed by atoms with Crippen molar-refractivity contribution < 1.29 is 13.3 Å². The molecule has 3 nitrogen and oxygen atoms in total. The molecule has 0 bridgehead atoms. The Labute approximate surface area is 92.3 Å². The highest BCUT2D eigenvalue weighted by Gasteiger charge is 2.38. The van der Waals surface area contributed by atoms with Crippen LogP contribution in [0.3, 0.4) is 0 Å². The molecular weight excluding hydrogens is 208 g/mol. The fraction of sp³-hybridized carbons (Fsp3) is 0.455. The summed E-state index contributed by atoms with van der Waals surface area (Å²) in [5.74, 6) is 0. The number of hydrogen-bond acceptors (Lipinski definition) is 3. The van der Waals surface area contributed by atoms with E-state index in [1.807, 2.05) is 25.1 Å². The van der Waals surface area contributed by atoms with Crippen molar-refractivity contribution in [1.82, 2.24) is 0 Å². The van der Waals surface area contributed by atoms with Crippen molar-refractivity contribution in [2.24, 2.45) is 0 Å². The van der Waals surface area contributed by atoms with Crippen LogP contribution in [0, 0.1) is 0 Å². The molecule has 0 saturated carbocycles. The highest BCUT2D eigenvalue weighted by molar-refractivity contribution is 6.60. The van der Waals surface area contributed by atoms with Gasteiger partial charge in [-0.25, -0.2) is 0 Å². The number of rotatable bonds is 6.